The van der Waals surface area contributed by atoms with E-state index in [2.05, 4.69) is 20.2 Å². The van der Waals surface area contributed by atoms with Crippen molar-refractivity contribution in [3.05, 3.63) is 12.4 Å². The lowest BCUT2D eigenvalue weighted by atomic mass is 9.94. The van der Waals surface area contributed by atoms with Gasteiger partial charge < -0.3 is 15.3 Å². The maximum absolute atomic E-state index is 8.93. The quantitative estimate of drug-likeness (QED) is 0.820. The summed E-state index contributed by atoms with van der Waals surface area (Å²) in [5.41, 5.74) is 0. The zero-order valence-corrected chi connectivity index (χ0v) is 10.3. The highest BCUT2D eigenvalue weighted by molar-refractivity contribution is 5.48. The first-order chi connectivity index (χ1) is 8.33. The lowest BCUT2D eigenvalue weighted by Gasteiger charge is -2.32. The number of nitrogens with one attached hydrogen (secondary N) is 1. The molecule has 0 amide bonds. The molecule has 0 aromatic carbocycles. The average molecular weight is 236 g/mol. The fourth-order valence-electron chi connectivity index (χ4n) is 2.29. The van der Waals surface area contributed by atoms with Gasteiger partial charge in [0.2, 0.25) is 0 Å². The predicted molar refractivity (Wildman–Crippen MR) is 68.2 cm³/mol. The van der Waals surface area contributed by atoms with Crippen LogP contribution >= 0.6 is 0 Å². The van der Waals surface area contributed by atoms with Gasteiger partial charge in [0.1, 0.15) is 18.0 Å². The average Bonchev–Trinajstić information content (AvgIpc) is 2.40. The molecule has 0 bridgehead atoms. The van der Waals surface area contributed by atoms with Crippen LogP contribution in [0.4, 0.5) is 11.6 Å². The largest absolute Gasteiger partial charge is 0.396 e. The lowest BCUT2D eigenvalue weighted by molar-refractivity contribution is 0.240. The summed E-state index contributed by atoms with van der Waals surface area (Å²) in [6.07, 6.45) is 4.80. The summed E-state index contributed by atoms with van der Waals surface area (Å²) in [5, 5.41) is 12.0. The second kappa shape index (κ2) is 5.82. The third-order valence-corrected chi connectivity index (χ3v) is 3.38. The number of anilines is 2. The number of aliphatic hydroxyl groups excluding tert-OH is 1. The van der Waals surface area contributed by atoms with E-state index in [-0.39, 0.29) is 0 Å². The number of hydrogen-bond acceptors (Lipinski definition) is 5. The Morgan fingerprint density at radius 3 is 2.82 bits per heavy atom. The summed E-state index contributed by atoms with van der Waals surface area (Å²) in [6, 6.07) is 1.98. The summed E-state index contributed by atoms with van der Waals surface area (Å²) in [7, 11) is 1.86. The van der Waals surface area contributed by atoms with Crippen LogP contribution < -0.4 is 10.2 Å². The Bertz CT molecular complexity index is 350. The maximum atomic E-state index is 8.93. The monoisotopic (exact) mass is 236 g/mol. The van der Waals surface area contributed by atoms with Gasteiger partial charge in [-0.15, -0.1) is 0 Å². The number of nitrogens with zero attached hydrogens (tertiary/aromatic N) is 3. The van der Waals surface area contributed by atoms with Gasteiger partial charge >= 0.3 is 0 Å². The van der Waals surface area contributed by atoms with Gasteiger partial charge in [0.15, 0.2) is 0 Å². The molecule has 0 atom stereocenters. The first kappa shape index (κ1) is 12.1. The molecule has 1 aliphatic heterocycles. The Morgan fingerprint density at radius 2 is 2.18 bits per heavy atom. The second-order valence-corrected chi connectivity index (χ2v) is 4.45. The van der Waals surface area contributed by atoms with Gasteiger partial charge in [0.25, 0.3) is 0 Å². The van der Waals surface area contributed by atoms with E-state index in [0.29, 0.717) is 12.5 Å². The summed E-state index contributed by atoms with van der Waals surface area (Å²) < 4.78 is 0. The minimum absolute atomic E-state index is 0.308. The van der Waals surface area contributed by atoms with Crippen molar-refractivity contribution in [2.24, 2.45) is 5.92 Å². The molecule has 94 valence electrons. The summed E-state index contributed by atoms with van der Waals surface area (Å²) in [5.74, 6) is 2.51. The fourth-order valence-corrected chi connectivity index (χ4v) is 2.29. The molecule has 1 fully saturated rings. The van der Waals surface area contributed by atoms with Crippen molar-refractivity contribution in [2.75, 3.05) is 37.0 Å². The SMILES string of the molecule is CNc1cc(N2CCC(CCO)CC2)ncn1. The van der Waals surface area contributed by atoms with E-state index >= 15 is 0 Å². The van der Waals surface area contributed by atoms with Crippen molar-refractivity contribution in [3.8, 4) is 0 Å². The Labute approximate surface area is 102 Å². The van der Waals surface area contributed by atoms with Crippen molar-refractivity contribution in [3.63, 3.8) is 0 Å². The standard InChI is InChI=1S/C12H20N4O/c1-13-11-8-12(15-9-14-11)16-5-2-10(3-6-16)4-7-17/h8-10,17H,2-7H2,1H3,(H,13,14,15). The summed E-state index contributed by atoms with van der Waals surface area (Å²) in [4.78, 5) is 10.7. The molecule has 2 N–H and O–H groups in total. The molecular formula is C12H20N4O. The molecule has 0 unspecified atom stereocenters. The van der Waals surface area contributed by atoms with Gasteiger partial charge in [-0.1, -0.05) is 0 Å². The number of hydrogen-bond donors (Lipinski definition) is 2. The highest BCUT2D eigenvalue weighted by Gasteiger charge is 2.19. The minimum atomic E-state index is 0.308. The van der Waals surface area contributed by atoms with Crippen LogP contribution in [0.15, 0.2) is 12.4 Å². The molecule has 5 heteroatoms. The normalized spacial score (nSPS) is 17.2. The van der Waals surface area contributed by atoms with E-state index in [1.165, 1.54) is 0 Å². The molecule has 2 rings (SSSR count). The van der Waals surface area contributed by atoms with Crippen LogP contribution in [-0.2, 0) is 0 Å². The molecule has 5 nitrogen and oxygen atoms in total. The van der Waals surface area contributed by atoms with Gasteiger partial charge in [-0.05, 0) is 25.2 Å². The maximum Gasteiger partial charge on any atom is 0.134 e. The van der Waals surface area contributed by atoms with E-state index in [4.69, 9.17) is 5.11 Å². The van der Waals surface area contributed by atoms with Crippen molar-refractivity contribution in [2.45, 2.75) is 19.3 Å². The van der Waals surface area contributed by atoms with Gasteiger partial charge in [0, 0.05) is 32.8 Å². The van der Waals surface area contributed by atoms with Crippen LogP contribution in [0.5, 0.6) is 0 Å². The number of aromatic nitrogens is 2. The van der Waals surface area contributed by atoms with Gasteiger partial charge in [-0.2, -0.15) is 0 Å². The van der Waals surface area contributed by atoms with Crippen molar-refractivity contribution in [1.29, 1.82) is 0 Å². The molecule has 1 aromatic rings. The van der Waals surface area contributed by atoms with Crippen molar-refractivity contribution in [1.82, 2.24) is 9.97 Å². The Morgan fingerprint density at radius 1 is 1.41 bits per heavy atom. The van der Waals surface area contributed by atoms with Crippen molar-refractivity contribution >= 4 is 11.6 Å². The molecule has 0 radical (unpaired) electrons. The lowest BCUT2D eigenvalue weighted by Crippen LogP contribution is -2.34. The van der Waals surface area contributed by atoms with E-state index < -0.39 is 0 Å². The highest BCUT2D eigenvalue weighted by Crippen LogP contribution is 2.24. The summed E-state index contributed by atoms with van der Waals surface area (Å²) in [6.45, 7) is 2.34. The van der Waals surface area contributed by atoms with Crippen LogP contribution in [-0.4, -0.2) is 41.8 Å². The zero-order valence-electron chi connectivity index (χ0n) is 10.3. The summed E-state index contributed by atoms with van der Waals surface area (Å²) >= 11 is 0. The second-order valence-electron chi connectivity index (χ2n) is 4.45. The Kier molecular flexibility index (Phi) is 4.14. The highest BCUT2D eigenvalue weighted by atomic mass is 16.3. The van der Waals surface area contributed by atoms with E-state index in [0.717, 1.165) is 44.0 Å². The van der Waals surface area contributed by atoms with Gasteiger partial charge in [-0.3, -0.25) is 0 Å². The van der Waals surface area contributed by atoms with E-state index in [1.807, 2.05) is 13.1 Å². The van der Waals surface area contributed by atoms with E-state index in [9.17, 15) is 0 Å². The third-order valence-electron chi connectivity index (χ3n) is 3.38. The topological polar surface area (TPSA) is 61.3 Å². The minimum Gasteiger partial charge on any atom is -0.396 e. The van der Waals surface area contributed by atoms with Crippen LogP contribution in [0.3, 0.4) is 0 Å². The first-order valence-electron chi connectivity index (χ1n) is 6.19. The fraction of sp³-hybridized carbons (Fsp3) is 0.667. The van der Waals surface area contributed by atoms with Crippen LogP contribution in [0.2, 0.25) is 0 Å². The Balaban J connectivity index is 1.95. The molecule has 1 aliphatic rings. The molecule has 0 spiro atoms. The van der Waals surface area contributed by atoms with Crippen molar-refractivity contribution < 1.29 is 5.11 Å². The molecule has 1 aromatic heterocycles. The smallest absolute Gasteiger partial charge is 0.134 e. The number of aliphatic hydroxyl groups is 1. The molecule has 0 aliphatic carbocycles. The van der Waals surface area contributed by atoms with Crippen LogP contribution in [0.1, 0.15) is 19.3 Å². The van der Waals surface area contributed by atoms with Crippen LogP contribution in [0.25, 0.3) is 0 Å². The number of piperidine rings is 1. The van der Waals surface area contributed by atoms with Crippen LogP contribution in [0, 0.1) is 5.92 Å². The first-order valence-corrected chi connectivity index (χ1v) is 6.19. The molecule has 2 heterocycles. The Hall–Kier alpha value is -1.36. The zero-order chi connectivity index (χ0) is 12.1. The molecule has 0 saturated carbocycles. The molecule has 17 heavy (non-hydrogen) atoms. The molecule has 1 saturated heterocycles. The van der Waals surface area contributed by atoms with Gasteiger partial charge in [0.05, 0.1) is 0 Å². The predicted octanol–water partition coefficient (Wildman–Crippen LogP) is 1.12. The molecular weight excluding hydrogens is 216 g/mol. The van der Waals surface area contributed by atoms with Gasteiger partial charge in [-0.25, -0.2) is 9.97 Å². The number of rotatable bonds is 4. The van der Waals surface area contributed by atoms with E-state index in [1.54, 1.807) is 6.33 Å². The third kappa shape index (κ3) is 3.06.